The first-order chi connectivity index (χ1) is 15.2. The number of hydrogen-bond acceptors (Lipinski definition) is 6. The van der Waals surface area contributed by atoms with Gasteiger partial charge in [-0.2, -0.15) is 0 Å². The van der Waals surface area contributed by atoms with Gasteiger partial charge >= 0.3 is 0 Å². The van der Waals surface area contributed by atoms with Crippen molar-refractivity contribution in [1.29, 1.82) is 0 Å². The van der Waals surface area contributed by atoms with E-state index in [1.165, 1.54) is 43.5 Å². The molecule has 1 amide bonds. The van der Waals surface area contributed by atoms with Gasteiger partial charge in [0.15, 0.2) is 0 Å². The van der Waals surface area contributed by atoms with Gasteiger partial charge in [-0.05, 0) is 35.9 Å². The predicted molar refractivity (Wildman–Crippen MR) is 120 cm³/mol. The number of ether oxygens (including phenoxy) is 1. The number of hydrogen-bond donors (Lipinski definition) is 2. The van der Waals surface area contributed by atoms with Gasteiger partial charge in [-0.15, -0.1) is 0 Å². The number of nitrogens with one attached hydrogen (secondary N) is 2. The number of anilines is 1. The molecule has 0 aliphatic rings. The van der Waals surface area contributed by atoms with Crippen LogP contribution in [0.3, 0.4) is 0 Å². The molecule has 9 nitrogen and oxygen atoms in total. The van der Waals surface area contributed by atoms with E-state index in [4.69, 9.17) is 16.3 Å². The molecule has 0 unspecified atom stereocenters. The summed E-state index contributed by atoms with van der Waals surface area (Å²) in [5.74, 6) is -0.386. The molecule has 0 saturated carbocycles. The van der Waals surface area contributed by atoms with Gasteiger partial charge in [0.05, 0.1) is 22.6 Å². The van der Waals surface area contributed by atoms with Crippen molar-refractivity contribution in [2.24, 2.45) is 0 Å². The minimum Gasteiger partial charge on any atom is -0.495 e. The summed E-state index contributed by atoms with van der Waals surface area (Å²) in [5, 5.41) is 14.2. The third kappa shape index (κ3) is 5.34. The molecule has 0 bridgehead atoms. The van der Waals surface area contributed by atoms with E-state index in [1.807, 2.05) is 0 Å². The Morgan fingerprint density at radius 2 is 1.84 bits per heavy atom. The molecule has 0 saturated heterocycles. The highest BCUT2D eigenvalue weighted by Crippen LogP contribution is 2.31. The maximum absolute atomic E-state index is 12.9. The van der Waals surface area contributed by atoms with Crippen LogP contribution in [0.25, 0.3) is 0 Å². The molecule has 166 valence electrons. The number of carbonyl (C=O) groups is 1. The Bertz CT molecular complexity index is 1280. The van der Waals surface area contributed by atoms with E-state index in [2.05, 4.69) is 10.0 Å². The highest BCUT2D eigenvalue weighted by molar-refractivity contribution is 7.92. The Morgan fingerprint density at radius 3 is 2.53 bits per heavy atom. The lowest BCUT2D eigenvalue weighted by Gasteiger charge is -2.12. The minimum atomic E-state index is -4.17. The summed E-state index contributed by atoms with van der Waals surface area (Å²) in [6.07, 6.45) is 0. The van der Waals surface area contributed by atoms with E-state index in [0.717, 1.165) is 6.07 Å². The van der Waals surface area contributed by atoms with Crippen molar-refractivity contribution >= 4 is 38.9 Å². The number of amides is 1. The number of rotatable bonds is 8. The molecule has 32 heavy (non-hydrogen) atoms. The Balaban J connectivity index is 1.82. The Hall–Kier alpha value is -3.63. The zero-order chi connectivity index (χ0) is 23.3. The lowest BCUT2D eigenvalue weighted by atomic mass is 10.2. The van der Waals surface area contributed by atoms with Gasteiger partial charge in [0.1, 0.15) is 5.75 Å². The molecule has 0 aromatic heterocycles. The fourth-order valence-corrected chi connectivity index (χ4v) is 4.13. The van der Waals surface area contributed by atoms with Crippen molar-refractivity contribution in [3.05, 3.63) is 93.0 Å². The number of benzene rings is 3. The number of nitrogens with zero attached hydrogens (tertiary/aromatic N) is 1. The second-order valence-electron chi connectivity index (χ2n) is 6.55. The molecule has 11 heteroatoms. The molecule has 3 aromatic carbocycles. The Labute approximate surface area is 189 Å². The van der Waals surface area contributed by atoms with Crippen LogP contribution in [0.5, 0.6) is 5.75 Å². The lowest BCUT2D eigenvalue weighted by molar-refractivity contribution is -0.384. The van der Waals surface area contributed by atoms with Crippen molar-refractivity contribution in [3.8, 4) is 5.75 Å². The summed E-state index contributed by atoms with van der Waals surface area (Å²) >= 11 is 6.08. The van der Waals surface area contributed by atoms with E-state index < -0.39 is 20.9 Å². The summed E-state index contributed by atoms with van der Waals surface area (Å²) in [7, 11) is -2.86. The van der Waals surface area contributed by atoms with Crippen molar-refractivity contribution in [1.82, 2.24) is 5.32 Å². The summed E-state index contributed by atoms with van der Waals surface area (Å²) in [4.78, 5) is 22.7. The molecule has 0 fully saturated rings. The van der Waals surface area contributed by atoms with E-state index in [-0.39, 0.29) is 34.1 Å². The zero-order valence-electron chi connectivity index (χ0n) is 16.7. The summed E-state index contributed by atoms with van der Waals surface area (Å²) in [5.41, 5.74) is 0.420. The van der Waals surface area contributed by atoms with Crippen LogP contribution in [-0.2, 0) is 16.6 Å². The van der Waals surface area contributed by atoms with Crippen molar-refractivity contribution in [2.45, 2.75) is 11.4 Å². The van der Waals surface area contributed by atoms with Gasteiger partial charge in [-0.3, -0.25) is 19.6 Å². The standard InChI is InChI=1S/C21H18ClN3O6S/c1-31-20-10-9-16(25(27)28)12-19(20)24-32(29,30)17-7-4-6-14(11-17)21(26)23-13-15-5-2-3-8-18(15)22/h2-12,24H,13H2,1H3,(H,23,26). The number of methoxy groups -OCH3 is 1. The van der Waals surface area contributed by atoms with Crippen molar-refractivity contribution < 1.29 is 22.9 Å². The lowest BCUT2D eigenvalue weighted by Crippen LogP contribution is -2.23. The first-order valence-electron chi connectivity index (χ1n) is 9.18. The van der Waals surface area contributed by atoms with Gasteiger partial charge in [0.25, 0.3) is 21.6 Å². The van der Waals surface area contributed by atoms with Crippen LogP contribution < -0.4 is 14.8 Å². The Morgan fingerprint density at radius 1 is 1.09 bits per heavy atom. The molecule has 0 heterocycles. The van der Waals surface area contributed by atoms with Gasteiger partial charge < -0.3 is 10.1 Å². The molecule has 0 radical (unpaired) electrons. The number of nitro groups is 1. The number of nitro benzene ring substituents is 1. The van der Waals surface area contributed by atoms with E-state index in [1.54, 1.807) is 24.3 Å². The van der Waals surface area contributed by atoms with Gasteiger partial charge in [-0.25, -0.2) is 8.42 Å². The van der Waals surface area contributed by atoms with Crippen LogP contribution in [0.15, 0.2) is 71.6 Å². The highest BCUT2D eigenvalue weighted by atomic mass is 35.5. The van der Waals surface area contributed by atoms with Crippen LogP contribution >= 0.6 is 11.6 Å². The van der Waals surface area contributed by atoms with Crippen molar-refractivity contribution in [2.75, 3.05) is 11.8 Å². The number of carbonyl (C=O) groups excluding carboxylic acids is 1. The number of non-ortho nitro benzene ring substituents is 1. The Kier molecular flexibility index (Phi) is 6.96. The minimum absolute atomic E-state index is 0.102. The van der Waals surface area contributed by atoms with Gasteiger partial charge in [0, 0.05) is 29.3 Å². The molecule has 0 aliphatic heterocycles. The largest absolute Gasteiger partial charge is 0.495 e. The maximum atomic E-state index is 12.9. The average molecular weight is 476 g/mol. The molecule has 0 spiro atoms. The molecule has 0 atom stereocenters. The molecular formula is C21H18ClN3O6S. The topological polar surface area (TPSA) is 128 Å². The highest BCUT2D eigenvalue weighted by Gasteiger charge is 2.20. The summed E-state index contributed by atoms with van der Waals surface area (Å²) in [6, 6.07) is 15.9. The zero-order valence-corrected chi connectivity index (χ0v) is 18.3. The maximum Gasteiger partial charge on any atom is 0.271 e. The predicted octanol–water partition coefficient (Wildman–Crippen LogP) is 3.99. The normalized spacial score (nSPS) is 10.9. The van der Waals surface area contributed by atoms with Crippen molar-refractivity contribution in [3.63, 3.8) is 0 Å². The van der Waals surface area contributed by atoms with E-state index in [9.17, 15) is 23.3 Å². The molecule has 0 aliphatic carbocycles. The SMILES string of the molecule is COc1ccc([N+](=O)[O-])cc1NS(=O)(=O)c1cccc(C(=O)NCc2ccccc2Cl)c1. The van der Waals surface area contributed by atoms with Crippen LogP contribution in [-0.4, -0.2) is 26.4 Å². The molecule has 3 rings (SSSR count). The molecule has 3 aromatic rings. The second kappa shape index (κ2) is 9.67. The van der Waals surface area contributed by atoms with Crippen LogP contribution in [0.4, 0.5) is 11.4 Å². The van der Waals surface area contributed by atoms with Gasteiger partial charge in [0.2, 0.25) is 0 Å². The average Bonchev–Trinajstić information content (AvgIpc) is 2.78. The van der Waals surface area contributed by atoms with Crippen LogP contribution in [0, 0.1) is 10.1 Å². The summed E-state index contributed by atoms with van der Waals surface area (Å²) < 4.78 is 33.1. The quantitative estimate of drug-likeness (QED) is 0.374. The molecular weight excluding hydrogens is 458 g/mol. The number of sulfonamides is 1. The first kappa shape index (κ1) is 23.0. The fraction of sp³-hybridized carbons (Fsp3) is 0.0952. The number of halogens is 1. The second-order valence-corrected chi connectivity index (χ2v) is 8.64. The van der Waals surface area contributed by atoms with E-state index in [0.29, 0.717) is 10.6 Å². The van der Waals surface area contributed by atoms with Crippen LogP contribution in [0.1, 0.15) is 15.9 Å². The smallest absolute Gasteiger partial charge is 0.271 e. The third-order valence-corrected chi connectivity index (χ3v) is 6.17. The van der Waals surface area contributed by atoms with E-state index >= 15 is 0 Å². The molecule has 2 N–H and O–H groups in total. The monoisotopic (exact) mass is 475 g/mol. The fourth-order valence-electron chi connectivity index (χ4n) is 2.82. The summed E-state index contributed by atoms with van der Waals surface area (Å²) in [6.45, 7) is 0.165. The third-order valence-electron chi connectivity index (χ3n) is 4.44. The first-order valence-corrected chi connectivity index (χ1v) is 11.0. The van der Waals surface area contributed by atoms with Gasteiger partial charge in [-0.1, -0.05) is 35.9 Å². The van der Waals surface area contributed by atoms with Crippen LogP contribution in [0.2, 0.25) is 5.02 Å².